The number of sulfonamides is 1. The summed E-state index contributed by atoms with van der Waals surface area (Å²) in [6.07, 6.45) is 1.73. The van der Waals surface area contributed by atoms with Crippen molar-refractivity contribution in [2.45, 2.75) is 17.7 Å². The number of carbonyl (C=O) groups excluding carboxylic acids is 1. The molecule has 0 aromatic heterocycles. The Morgan fingerprint density at radius 2 is 1.73 bits per heavy atom. The minimum atomic E-state index is -3.73. The van der Waals surface area contributed by atoms with Crippen LogP contribution in [0.3, 0.4) is 0 Å². The van der Waals surface area contributed by atoms with Crippen molar-refractivity contribution in [2.75, 3.05) is 19.6 Å². The summed E-state index contributed by atoms with van der Waals surface area (Å²) >= 11 is 0. The first kappa shape index (κ1) is 20.6. The summed E-state index contributed by atoms with van der Waals surface area (Å²) in [5.41, 5.74) is 6.41. The van der Waals surface area contributed by atoms with Gasteiger partial charge in [0.05, 0.1) is 4.90 Å². The van der Waals surface area contributed by atoms with Crippen molar-refractivity contribution in [1.29, 1.82) is 0 Å². The SMILES string of the molecule is Cl.NCC1CCCN(S(=O)(=O)c2ccccc2C(=O)c2ccccc2)C1. The molecule has 0 spiro atoms. The average molecular weight is 395 g/mol. The van der Waals surface area contributed by atoms with Gasteiger partial charge in [0.15, 0.2) is 5.78 Å². The van der Waals surface area contributed by atoms with Crippen molar-refractivity contribution in [3.63, 3.8) is 0 Å². The summed E-state index contributed by atoms with van der Waals surface area (Å²) in [5, 5.41) is 0. The predicted molar refractivity (Wildman–Crippen MR) is 104 cm³/mol. The third-order valence-corrected chi connectivity index (χ3v) is 6.52. The Morgan fingerprint density at radius 1 is 1.08 bits per heavy atom. The zero-order valence-corrected chi connectivity index (χ0v) is 16.0. The van der Waals surface area contributed by atoms with Gasteiger partial charge in [-0.05, 0) is 37.4 Å². The molecule has 2 aromatic rings. The number of nitrogens with zero attached hydrogens (tertiary/aromatic N) is 1. The second-order valence-electron chi connectivity index (χ2n) is 6.30. The normalized spacial score (nSPS) is 18.1. The van der Waals surface area contributed by atoms with Crippen molar-refractivity contribution in [3.05, 3.63) is 65.7 Å². The zero-order chi connectivity index (χ0) is 17.9. The summed E-state index contributed by atoms with van der Waals surface area (Å²) in [6.45, 7) is 1.34. The van der Waals surface area contributed by atoms with Crippen molar-refractivity contribution >= 4 is 28.2 Å². The number of piperidine rings is 1. The van der Waals surface area contributed by atoms with Crippen molar-refractivity contribution < 1.29 is 13.2 Å². The van der Waals surface area contributed by atoms with Crippen LogP contribution in [0.5, 0.6) is 0 Å². The maximum absolute atomic E-state index is 13.1. The molecule has 0 saturated carbocycles. The van der Waals surface area contributed by atoms with E-state index in [0.29, 0.717) is 25.2 Å². The van der Waals surface area contributed by atoms with Gasteiger partial charge in [0.25, 0.3) is 0 Å². The van der Waals surface area contributed by atoms with Gasteiger partial charge < -0.3 is 5.73 Å². The number of ketones is 1. The first-order chi connectivity index (χ1) is 12.0. The Morgan fingerprint density at radius 3 is 2.42 bits per heavy atom. The van der Waals surface area contributed by atoms with E-state index < -0.39 is 10.0 Å². The summed E-state index contributed by atoms with van der Waals surface area (Å²) < 4.78 is 27.7. The van der Waals surface area contributed by atoms with E-state index in [4.69, 9.17) is 5.73 Å². The van der Waals surface area contributed by atoms with E-state index >= 15 is 0 Å². The van der Waals surface area contributed by atoms with Gasteiger partial charge in [-0.1, -0.05) is 42.5 Å². The molecular weight excluding hydrogens is 372 g/mol. The van der Waals surface area contributed by atoms with E-state index in [-0.39, 0.29) is 34.6 Å². The molecule has 0 bridgehead atoms. The number of nitrogens with two attached hydrogens (primary N) is 1. The van der Waals surface area contributed by atoms with Crippen LogP contribution in [0.4, 0.5) is 0 Å². The number of carbonyl (C=O) groups is 1. The van der Waals surface area contributed by atoms with Crippen LogP contribution < -0.4 is 5.73 Å². The number of benzene rings is 2. The van der Waals surface area contributed by atoms with Gasteiger partial charge in [-0.2, -0.15) is 4.31 Å². The van der Waals surface area contributed by atoms with Crippen LogP contribution in [0, 0.1) is 5.92 Å². The molecule has 5 nitrogen and oxygen atoms in total. The fourth-order valence-corrected chi connectivity index (χ4v) is 4.94. The van der Waals surface area contributed by atoms with Crippen LogP contribution in [-0.2, 0) is 10.0 Å². The Kier molecular flexibility index (Phi) is 6.94. The van der Waals surface area contributed by atoms with Crippen LogP contribution in [-0.4, -0.2) is 38.1 Å². The lowest BCUT2D eigenvalue weighted by molar-refractivity contribution is 0.103. The molecule has 2 N–H and O–H groups in total. The number of hydrogen-bond acceptors (Lipinski definition) is 4. The third-order valence-electron chi connectivity index (χ3n) is 4.60. The van der Waals surface area contributed by atoms with E-state index in [0.717, 1.165) is 12.8 Å². The van der Waals surface area contributed by atoms with E-state index in [9.17, 15) is 13.2 Å². The van der Waals surface area contributed by atoms with Gasteiger partial charge in [0.2, 0.25) is 10.0 Å². The highest BCUT2D eigenvalue weighted by Gasteiger charge is 2.32. The van der Waals surface area contributed by atoms with Gasteiger partial charge >= 0.3 is 0 Å². The summed E-state index contributed by atoms with van der Waals surface area (Å²) in [6, 6.07) is 15.2. The summed E-state index contributed by atoms with van der Waals surface area (Å²) in [4.78, 5) is 12.9. The lowest BCUT2D eigenvalue weighted by atomic mass is 10.0. The van der Waals surface area contributed by atoms with Crippen LogP contribution in [0.15, 0.2) is 59.5 Å². The topological polar surface area (TPSA) is 80.5 Å². The molecular formula is C19H23ClN2O3S. The number of halogens is 1. The highest BCUT2D eigenvalue weighted by Crippen LogP contribution is 2.26. The molecule has 1 aliphatic heterocycles. The van der Waals surface area contributed by atoms with Crippen molar-refractivity contribution in [2.24, 2.45) is 11.7 Å². The maximum atomic E-state index is 13.1. The molecule has 1 unspecified atom stereocenters. The van der Waals surface area contributed by atoms with Gasteiger partial charge in [0.1, 0.15) is 0 Å². The van der Waals surface area contributed by atoms with Gasteiger partial charge in [0, 0.05) is 24.2 Å². The molecule has 1 saturated heterocycles. The van der Waals surface area contributed by atoms with Gasteiger partial charge in [-0.15, -0.1) is 12.4 Å². The highest BCUT2D eigenvalue weighted by atomic mass is 35.5. The van der Waals surface area contributed by atoms with Crippen LogP contribution in [0.2, 0.25) is 0 Å². The first-order valence-corrected chi connectivity index (χ1v) is 9.87. The lowest BCUT2D eigenvalue weighted by Gasteiger charge is -2.31. The largest absolute Gasteiger partial charge is 0.330 e. The smallest absolute Gasteiger partial charge is 0.243 e. The van der Waals surface area contributed by atoms with Crippen LogP contribution in [0.1, 0.15) is 28.8 Å². The molecule has 0 amide bonds. The maximum Gasteiger partial charge on any atom is 0.243 e. The Labute approximate surface area is 160 Å². The second-order valence-corrected chi connectivity index (χ2v) is 8.20. The molecule has 3 rings (SSSR count). The fourth-order valence-electron chi connectivity index (χ4n) is 3.20. The van der Waals surface area contributed by atoms with Crippen LogP contribution in [0.25, 0.3) is 0 Å². The molecule has 1 heterocycles. The van der Waals surface area contributed by atoms with E-state index in [1.807, 2.05) is 6.07 Å². The molecule has 1 fully saturated rings. The monoisotopic (exact) mass is 394 g/mol. The molecule has 0 radical (unpaired) electrons. The molecule has 26 heavy (non-hydrogen) atoms. The molecule has 0 aliphatic carbocycles. The fraction of sp³-hybridized carbons (Fsp3) is 0.316. The van der Waals surface area contributed by atoms with Crippen LogP contribution >= 0.6 is 12.4 Å². The number of rotatable bonds is 5. The third kappa shape index (κ3) is 4.15. The van der Waals surface area contributed by atoms with E-state index in [1.54, 1.807) is 42.5 Å². The van der Waals surface area contributed by atoms with Crippen molar-refractivity contribution in [3.8, 4) is 0 Å². The second kappa shape index (κ2) is 8.77. The lowest BCUT2D eigenvalue weighted by Crippen LogP contribution is -2.42. The Bertz CT molecular complexity index is 856. The zero-order valence-electron chi connectivity index (χ0n) is 14.4. The summed E-state index contributed by atoms with van der Waals surface area (Å²) in [7, 11) is -3.73. The van der Waals surface area contributed by atoms with Crippen molar-refractivity contribution in [1.82, 2.24) is 4.31 Å². The highest BCUT2D eigenvalue weighted by molar-refractivity contribution is 7.89. The summed E-state index contributed by atoms with van der Waals surface area (Å²) in [5.74, 6) is -0.118. The quantitative estimate of drug-likeness (QED) is 0.790. The standard InChI is InChI=1S/C19H22N2O3S.ClH/c20-13-15-7-6-12-21(14-15)25(23,24)18-11-5-4-10-17(18)19(22)16-8-2-1-3-9-16;/h1-5,8-11,15H,6-7,12-14,20H2;1H. The average Bonchev–Trinajstić information content (AvgIpc) is 2.68. The van der Waals surface area contributed by atoms with E-state index in [2.05, 4.69) is 0 Å². The van der Waals surface area contributed by atoms with Gasteiger partial charge in [-0.3, -0.25) is 4.79 Å². The molecule has 2 aromatic carbocycles. The predicted octanol–water partition coefficient (Wildman–Crippen LogP) is 2.70. The molecule has 1 atom stereocenters. The molecule has 7 heteroatoms. The minimum Gasteiger partial charge on any atom is -0.330 e. The Hall–Kier alpha value is -1.73. The molecule has 1 aliphatic rings. The minimum absolute atomic E-state index is 0. The Balaban J connectivity index is 0.00000243. The first-order valence-electron chi connectivity index (χ1n) is 8.43. The van der Waals surface area contributed by atoms with E-state index in [1.165, 1.54) is 10.4 Å². The molecule has 140 valence electrons. The van der Waals surface area contributed by atoms with Gasteiger partial charge in [-0.25, -0.2) is 8.42 Å². The number of hydrogen-bond donors (Lipinski definition) is 1.